The van der Waals surface area contributed by atoms with Gasteiger partial charge in [0.05, 0.1) is 6.61 Å². The van der Waals surface area contributed by atoms with Gasteiger partial charge < -0.3 is 10.0 Å². The van der Waals surface area contributed by atoms with Gasteiger partial charge in [-0.3, -0.25) is 4.40 Å². The molecule has 0 spiro atoms. The fourth-order valence-electron chi connectivity index (χ4n) is 2.91. The molecule has 0 atom stereocenters. The Hall–Kier alpha value is -1.69. The number of anilines is 1. The Morgan fingerprint density at radius 2 is 2.16 bits per heavy atom. The van der Waals surface area contributed by atoms with E-state index in [-0.39, 0.29) is 6.61 Å². The maximum atomic E-state index is 9.34. The van der Waals surface area contributed by atoms with Crippen molar-refractivity contribution in [2.45, 2.75) is 38.1 Å². The third-order valence-electron chi connectivity index (χ3n) is 3.83. The average Bonchev–Trinajstić information content (AvgIpc) is 2.94. The maximum absolute atomic E-state index is 9.34. The van der Waals surface area contributed by atoms with Crippen LogP contribution in [0.4, 0.5) is 5.82 Å². The molecule has 1 aliphatic carbocycles. The zero-order valence-corrected chi connectivity index (χ0v) is 10.9. The van der Waals surface area contributed by atoms with Gasteiger partial charge >= 0.3 is 0 Å². The van der Waals surface area contributed by atoms with Crippen molar-refractivity contribution < 1.29 is 5.11 Å². The SMILES string of the molecule is OCCN(c1nccn2cnnc12)C1CCCCC1. The number of aliphatic hydroxyl groups is 1. The van der Waals surface area contributed by atoms with Gasteiger partial charge in [-0.25, -0.2) is 4.98 Å². The second kappa shape index (κ2) is 5.52. The molecule has 2 aromatic heterocycles. The molecular weight excluding hydrogens is 242 g/mol. The van der Waals surface area contributed by atoms with Crippen LogP contribution >= 0.6 is 0 Å². The Morgan fingerprint density at radius 3 is 2.95 bits per heavy atom. The molecule has 0 amide bonds. The van der Waals surface area contributed by atoms with E-state index in [0.29, 0.717) is 12.6 Å². The van der Waals surface area contributed by atoms with Gasteiger partial charge in [0.25, 0.3) is 0 Å². The normalized spacial score (nSPS) is 16.9. The minimum absolute atomic E-state index is 0.132. The first-order valence-electron chi connectivity index (χ1n) is 6.92. The van der Waals surface area contributed by atoms with E-state index in [2.05, 4.69) is 20.1 Å². The van der Waals surface area contributed by atoms with Crippen molar-refractivity contribution in [2.24, 2.45) is 0 Å². The van der Waals surface area contributed by atoms with E-state index in [1.165, 1.54) is 19.3 Å². The summed E-state index contributed by atoms with van der Waals surface area (Å²) in [7, 11) is 0. The van der Waals surface area contributed by atoms with E-state index in [9.17, 15) is 5.11 Å². The second-order valence-corrected chi connectivity index (χ2v) is 5.02. The van der Waals surface area contributed by atoms with Crippen molar-refractivity contribution in [1.29, 1.82) is 0 Å². The minimum atomic E-state index is 0.132. The number of nitrogens with zero attached hydrogens (tertiary/aromatic N) is 5. The highest BCUT2D eigenvalue weighted by Gasteiger charge is 2.24. The summed E-state index contributed by atoms with van der Waals surface area (Å²) >= 11 is 0. The topological polar surface area (TPSA) is 66.5 Å². The van der Waals surface area contributed by atoms with Crippen LogP contribution in [0.1, 0.15) is 32.1 Å². The van der Waals surface area contributed by atoms with E-state index in [0.717, 1.165) is 24.3 Å². The van der Waals surface area contributed by atoms with Gasteiger partial charge in [0, 0.05) is 25.0 Å². The highest BCUT2D eigenvalue weighted by atomic mass is 16.3. The number of hydrogen-bond acceptors (Lipinski definition) is 5. The third-order valence-corrected chi connectivity index (χ3v) is 3.83. The summed E-state index contributed by atoms with van der Waals surface area (Å²) in [5.74, 6) is 0.834. The van der Waals surface area contributed by atoms with Crippen LogP contribution in [0.3, 0.4) is 0 Å². The molecule has 6 nitrogen and oxygen atoms in total. The highest BCUT2D eigenvalue weighted by molar-refractivity contribution is 5.63. The summed E-state index contributed by atoms with van der Waals surface area (Å²) in [6.45, 7) is 0.734. The Bertz CT molecular complexity index is 535. The largest absolute Gasteiger partial charge is 0.395 e. The zero-order chi connectivity index (χ0) is 13.1. The molecule has 3 rings (SSSR count). The van der Waals surface area contributed by atoms with Gasteiger partial charge in [0.1, 0.15) is 6.33 Å². The number of aromatic nitrogens is 4. The van der Waals surface area contributed by atoms with Crippen molar-refractivity contribution >= 4 is 11.5 Å². The van der Waals surface area contributed by atoms with Crippen molar-refractivity contribution in [1.82, 2.24) is 19.6 Å². The summed E-state index contributed by atoms with van der Waals surface area (Å²) in [4.78, 5) is 6.66. The molecule has 19 heavy (non-hydrogen) atoms. The first-order chi connectivity index (χ1) is 9.40. The molecule has 0 unspecified atom stereocenters. The number of aliphatic hydroxyl groups excluding tert-OH is 1. The lowest BCUT2D eigenvalue weighted by Crippen LogP contribution is -2.39. The summed E-state index contributed by atoms with van der Waals surface area (Å²) in [6.07, 6.45) is 11.4. The Kier molecular flexibility index (Phi) is 3.59. The molecular formula is C13H19N5O. The van der Waals surface area contributed by atoms with Gasteiger partial charge in [0.2, 0.25) is 5.65 Å². The van der Waals surface area contributed by atoms with Crippen LogP contribution in [-0.2, 0) is 0 Å². The lowest BCUT2D eigenvalue weighted by atomic mass is 9.94. The van der Waals surface area contributed by atoms with Gasteiger partial charge in [-0.15, -0.1) is 10.2 Å². The Morgan fingerprint density at radius 1 is 1.32 bits per heavy atom. The van der Waals surface area contributed by atoms with E-state index in [1.54, 1.807) is 12.5 Å². The number of rotatable bonds is 4. The zero-order valence-electron chi connectivity index (χ0n) is 10.9. The molecule has 1 fully saturated rings. The van der Waals surface area contributed by atoms with Crippen LogP contribution in [0.5, 0.6) is 0 Å². The average molecular weight is 261 g/mol. The van der Waals surface area contributed by atoms with E-state index < -0.39 is 0 Å². The summed E-state index contributed by atoms with van der Waals surface area (Å²) < 4.78 is 1.87. The molecule has 0 radical (unpaired) electrons. The van der Waals surface area contributed by atoms with Crippen LogP contribution in [0.15, 0.2) is 18.7 Å². The lowest BCUT2D eigenvalue weighted by Gasteiger charge is -2.34. The smallest absolute Gasteiger partial charge is 0.203 e. The van der Waals surface area contributed by atoms with Gasteiger partial charge in [-0.1, -0.05) is 19.3 Å². The van der Waals surface area contributed by atoms with Crippen LogP contribution in [0.2, 0.25) is 0 Å². The molecule has 0 aliphatic heterocycles. The highest BCUT2D eigenvalue weighted by Crippen LogP contribution is 2.27. The first kappa shape index (κ1) is 12.3. The second-order valence-electron chi connectivity index (χ2n) is 5.02. The predicted molar refractivity (Wildman–Crippen MR) is 72.1 cm³/mol. The quantitative estimate of drug-likeness (QED) is 0.897. The molecule has 6 heteroatoms. The van der Waals surface area contributed by atoms with Crippen LogP contribution < -0.4 is 4.90 Å². The molecule has 1 N–H and O–H groups in total. The summed E-state index contributed by atoms with van der Waals surface area (Å²) in [5.41, 5.74) is 0.765. The van der Waals surface area contributed by atoms with E-state index >= 15 is 0 Å². The van der Waals surface area contributed by atoms with Crippen LogP contribution in [-0.4, -0.2) is 43.9 Å². The van der Waals surface area contributed by atoms with Crippen molar-refractivity contribution in [3.63, 3.8) is 0 Å². The molecule has 1 aliphatic rings. The van der Waals surface area contributed by atoms with E-state index in [4.69, 9.17) is 0 Å². The molecule has 0 saturated heterocycles. The minimum Gasteiger partial charge on any atom is -0.395 e. The van der Waals surface area contributed by atoms with Crippen LogP contribution in [0.25, 0.3) is 5.65 Å². The van der Waals surface area contributed by atoms with E-state index in [1.807, 2.05) is 10.6 Å². The molecule has 2 aromatic rings. The molecule has 1 saturated carbocycles. The molecule has 2 heterocycles. The number of fused-ring (bicyclic) bond motifs is 1. The van der Waals surface area contributed by atoms with Crippen LogP contribution in [0, 0.1) is 0 Å². The van der Waals surface area contributed by atoms with Gasteiger partial charge in [-0.05, 0) is 12.8 Å². The van der Waals surface area contributed by atoms with Crippen molar-refractivity contribution in [2.75, 3.05) is 18.1 Å². The monoisotopic (exact) mass is 261 g/mol. The van der Waals surface area contributed by atoms with Crippen molar-refractivity contribution in [3.8, 4) is 0 Å². The van der Waals surface area contributed by atoms with Gasteiger partial charge in [-0.2, -0.15) is 0 Å². The van der Waals surface area contributed by atoms with Gasteiger partial charge in [0.15, 0.2) is 5.82 Å². The fourth-order valence-corrected chi connectivity index (χ4v) is 2.91. The molecule has 0 bridgehead atoms. The Balaban J connectivity index is 1.96. The Labute approximate surface area is 112 Å². The fraction of sp³-hybridized carbons (Fsp3) is 0.615. The maximum Gasteiger partial charge on any atom is 0.203 e. The molecule has 102 valence electrons. The third kappa shape index (κ3) is 2.40. The first-order valence-corrected chi connectivity index (χ1v) is 6.92. The predicted octanol–water partition coefficient (Wildman–Crippen LogP) is 1.26. The molecule has 0 aromatic carbocycles. The summed E-state index contributed by atoms with van der Waals surface area (Å²) in [6, 6.07) is 0.455. The standard InChI is InChI=1S/C13H19N5O/c19-9-8-18(11-4-2-1-3-5-11)12-13-16-15-10-17(13)7-6-14-12/h6-7,10-11,19H,1-5,8-9H2. The van der Waals surface area contributed by atoms with Crippen molar-refractivity contribution in [3.05, 3.63) is 18.7 Å². The summed E-state index contributed by atoms with van der Waals surface area (Å²) in [5, 5.41) is 17.4. The number of hydrogen-bond donors (Lipinski definition) is 1. The lowest BCUT2D eigenvalue weighted by molar-refractivity contribution is 0.289.